The van der Waals surface area contributed by atoms with E-state index >= 15 is 0 Å². The number of hydrogen-bond donors (Lipinski definition) is 0. The number of rotatable bonds is 4. The number of halogens is 2. The molecule has 2 amide bonds. The Labute approximate surface area is 144 Å². The normalized spacial score (nSPS) is 17.0. The second-order valence-electron chi connectivity index (χ2n) is 6.11. The fourth-order valence-electron chi connectivity index (χ4n) is 3.05. The molecule has 0 spiro atoms. The number of hydrogen-bond acceptors (Lipinski definition) is 2. The van der Waals surface area contributed by atoms with E-state index in [1.165, 1.54) is 15.9 Å². The Balaban J connectivity index is 1.71. The van der Waals surface area contributed by atoms with Crippen molar-refractivity contribution in [1.82, 2.24) is 4.90 Å². The fraction of sp³-hybridized carbons (Fsp3) is 0.263. The molecule has 25 heavy (non-hydrogen) atoms. The van der Waals surface area contributed by atoms with E-state index in [2.05, 4.69) is 0 Å². The van der Waals surface area contributed by atoms with Crippen molar-refractivity contribution in [1.29, 1.82) is 0 Å². The van der Waals surface area contributed by atoms with Crippen molar-refractivity contribution in [3.8, 4) is 0 Å². The van der Waals surface area contributed by atoms with Crippen molar-refractivity contribution in [2.45, 2.75) is 13.0 Å². The Morgan fingerprint density at radius 2 is 1.92 bits per heavy atom. The lowest BCUT2D eigenvalue weighted by atomic mass is 10.1. The zero-order valence-corrected chi connectivity index (χ0v) is 13.8. The molecule has 6 heteroatoms. The summed E-state index contributed by atoms with van der Waals surface area (Å²) >= 11 is 0. The predicted octanol–water partition coefficient (Wildman–Crippen LogP) is 2.98. The summed E-state index contributed by atoms with van der Waals surface area (Å²) in [6, 6.07) is 12.5. The van der Waals surface area contributed by atoms with Crippen LogP contribution in [0.15, 0.2) is 48.5 Å². The lowest BCUT2D eigenvalue weighted by Gasteiger charge is -2.21. The van der Waals surface area contributed by atoms with E-state index in [1.807, 2.05) is 30.3 Å². The molecule has 1 fully saturated rings. The molecule has 1 saturated heterocycles. The molecule has 0 aliphatic carbocycles. The van der Waals surface area contributed by atoms with Gasteiger partial charge in [-0.2, -0.15) is 0 Å². The van der Waals surface area contributed by atoms with E-state index in [4.69, 9.17) is 0 Å². The molecule has 1 atom stereocenters. The van der Waals surface area contributed by atoms with Gasteiger partial charge in [-0.25, -0.2) is 8.78 Å². The van der Waals surface area contributed by atoms with Crippen molar-refractivity contribution >= 4 is 17.5 Å². The molecule has 1 aliphatic rings. The second-order valence-corrected chi connectivity index (χ2v) is 6.11. The Morgan fingerprint density at radius 1 is 1.20 bits per heavy atom. The van der Waals surface area contributed by atoms with Crippen LogP contribution < -0.4 is 4.90 Å². The Kier molecular flexibility index (Phi) is 4.79. The van der Waals surface area contributed by atoms with Crippen molar-refractivity contribution in [2.24, 2.45) is 5.92 Å². The van der Waals surface area contributed by atoms with Crippen LogP contribution in [0.25, 0.3) is 0 Å². The molecule has 3 rings (SSSR count). The molecule has 1 unspecified atom stereocenters. The SMILES string of the molecule is CN(Cc1ccccc1)C(=O)C1CCN(c2ccc(F)cc2F)C1=O. The molecule has 0 saturated carbocycles. The van der Waals surface area contributed by atoms with Gasteiger partial charge in [0.15, 0.2) is 0 Å². The molecule has 1 aliphatic heterocycles. The molecular formula is C19H18F2N2O2. The number of amides is 2. The number of nitrogens with zero attached hydrogens (tertiary/aromatic N) is 2. The summed E-state index contributed by atoms with van der Waals surface area (Å²) in [7, 11) is 1.64. The van der Waals surface area contributed by atoms with Gasteiger partial charge in [-0.1, -0.05) is 30.3 Å². The Bertz CT molecular complexity index is 795. The molecule has 0 radical (unpaired) electrons. The molecule has 0 aromatic heterocycles. The average Bonchev–Trinajstić information content (AvgIpc) is 2.96. The second kappa shape index (κ2) is 7.01. The predicted molar refractivity (Wildman–Crippen MR) is 89.7 cm³/mol. The monoisotopic (exact) mass is 344 g/mol. The minimum absolute atomic E-state index is 0.00686. The molecule has 4 nitrogen and oxygen atoms in total. The molecule has 1 heterocycles. The highest BCUT2D eigenvalue weighted by molar-refractivity contribution is 6.09. The van der Waals surface area contributed by atoms with E-state index < -0.39 is 23.5 Å². The van der Waals surface area contributed by atoms with Gasteiger partial charge in [0, 0.05) is 26.2 Å². The van der Waals surface area contributed by atoms with Gasteiger partial charge in [0.2, 0.25) is 11.8 Å². The van der Waals surface area contributed by atoms with E-state index in [9.17, 15) is 18.4 Å². The lowest BCUT2D eigenvalue weighted by molar-refractivity contribution is -0.139. The van der Waals surface area contributed by atoms with Crippen LogP contribution in [0, 0.1) is 17.6 Å². The van der Waals surface area contributed by atoms with Crippen LogP contribution in [0.5, 0.6) is 0 Å². The van der Waals surface area contributed by atoms with Crippen molar-refractivity contribution < 1.29 is 18.4 Å². The van der Waals surface area contributed by atoms with E-state index in [0.29, 0.717) is 13.0 Å². The number of carbonyl (C=O) groups is 2. The van der Waals surface area contributed by atoms with Gasteiger partial charge in [-0.15, -0.1) is 0 Å². The third kappa shape index (κ3) is 3.52. The Morgan fingerprint density at radius 3 is 2.60 bits per heavy atom. The van der Waals surface area contributed by atoms with Gasteiger partial charge in [-0.3, -0.25) is 9.59 Å². The fourth-order valence-corrected chi connectivity index (χ4v) is 3.05. The first-order valence-electron chi connectivity index (χ1n) is 8.02. The standard InChI is InChI=1S/C19H18F2N2O2/c1-22(12-13-5-3-2-4-6-13)18(24)15-9-10-23(19(15)25)17-8-7-14(20)11-16(17)21/h2-8,11,15H,9-10,12H2,1H3. The highest BCUT2D eigenvalue weighted by atomic mass is 19.1. The first-order chi connectivity index (χ1) is 12.0. The summed E-state index contributed by atoms with van der Waals surface area (Å²) in [5, 5.41) is 0. The molecule has 2 aromatic carbocycles. The highest BCUT2D eigenvalue weighted by Gasteiger charge is 2.39. The maximum absolute atomic E-state index is 13.9. The van der Waals surface area contributed by atoms with Crippen LogP contribution in [0.2, 0.25) is 0 Å². The minimum atomic E-state index is -0.835. The van der Waals surface area contributed by atoms with Gasteiger partial charge in [0.25, 0.3) is 0 Å². The van der Waals surface area contributed by atoms with Gasteiger partial charge >= 0.3 is 0 Å². The third-order valence-corrected chi connectivity index (χ3v) is 4.34. The first kappa shape index (κ1) is 17.1. The zero-order valence-electron chi connectivity index (χ0n) is 13.8. The van der Waals surface area contributed by atoms with E-state index in [0.717, 1.165) is 17.7 Å². The van der Waals surface area contributed by atoms with Gasteiger partial charge in [0.1, 0.15) is 17.6 Å². The maximum atomic E-state index is 13.9. The molecule has 0 bridgehead atoms. The van der Waals surface area contributed by atoms with E-state index in [1.54, 1.807) is 7.05 Å². The van der Waals surface area contributed by atoms with Crippen LogP contribution in [-0.4, -0.2) is 30.3 Å². The summed E-state index contributed by atoms with van der Waals surface area (Å²) in [6.07, 6.45) is 0.313. The smallest absolute Gasteiger partial charge is 0.239 e. The molecule has 0 N–H and O–H groups in total. The quantitative estimate of drug-likeness (QED) is 0.800. The maximum Gasteiger partial charge on any atom is 0.239 e. The summed E-state index contributed by atoms with van der Waals surface area (Å²) < 4.78 is 27.0. The van der Waals surface area contributed by atoms with Crippen molar-refractivity contribution in [3.05, 3.63) is 65.7 Å². The highest BCUT2D eigenvalue weighted by Crippen LogP contribution is 2.29. The van der Waals surface area contributed by atoms with Gasteiger partial charge < -0.3 is 9.80 Å². The van der Waals surface area contributed by atoms with Gasteiger partial charge in [0.05, 0.1) is 5.69 Å². The zero-order chi connectivity index (χ0) is 18.0. The van der Waals surface area contributed by atoms with E-state index in [-0.39, 0.29) is 18.1 Å². The lowest BCUT2D eigenvalue weighted by Crippen LogP contribution is -2.38. The Hall–Kier alpha value is -2.76. The first-order valence-corrected chi connectivity index (χ1v) is 8.02. The minimum Gasteiger partial charge on any atom is -0.341 e. The van der Waals surface area contributed by atoms with Crippen LogP contribution in [-0.2, 0) is 16.1 Å². The summed E-state index contributed by atoms with van der Waals surface area (Å²) in [6.45, 7) is 0.630. The molecule has 2 aromatic rings. The van der Waals surface area contributed by atoms with Gasteiger partial charge in [-0.05, 0) is 24.1 Å². The third-order valence-electron chi connectivity index (χ3n) is 4.34. The average molecular weight is 344 g/mol. The van der Waals surface area contributed by atoms with Crippen LogP contribution >= 0.6 is 0 Å². The number of anilines is 1. The molecular weight excluding hydrogens is 326 g/mol. The summed E-state index contributed by atoms with van der Waals surface area (Å²) in [4.78, 5) is 27.9. The number of benzene rings is 2. The largest absolute Gasteiger partial charge is 0.341 e. The summed E-state index contributed by atoms with van der Waals surface area (Å²) in [5.41, 5.74) is 0.970. The summed E-state index contributed by atoms with van der Waals surface area (Å²) in [5.74, 6) is -3.09. The van der Waals surface area contributed by atoms with Crippen LogP contribution in [0.1, 0.15) is 12.0 Å². The van der Waals surface area contributed by atoms with Crippen molar-refractivity contribution in [2.75, 3.05) is 18.5 Å². The molecule has 130 valence electrons. The van der Waals surface area contributed by atoms with Crippen LogP contribution in [0.3, 0.4) is 0 Å². The number of carbonyl (C=O) groups excluding carboxylic acids is 2. The van der Waals surface area contributed by atoms with Crippen molar-refractivity contribution in [3.63, 3.8) is 0 Å². The topological polar surface area (TPSA) is 40.6 Å². The van der Waals surface area contributed by atoms with Crippen LogP contribution in [0.4, 0.5) is 14.5 Å².